The van der Waals surface area contributed by atoms with Gasteiger partial charge in [-0.2, -0.15) is 0 Å². The van der Waals surface area contributed by atoms with E-state index in [1.54, 1.807) is 0 Å². The molecule has 0 aromatic rings. The second-order valence-electron chi connectivity index (χ2n) is 13.0. The predicted molar refractivity (Wildman–Crippen MR) is 152 cm³/mol. The van der Waals surface area contributed by atoms with Crippen molar-refractivity contribution in [2.45, 2.75) is 122 Å². The van der Waals surface area contributed by atoms with Crippen molar-refractivity contribution >= 4 is 17.9 Å². The van der Waals surface area contributed by atoms with Crippen molar-refractivity contribution in [3.05, 3.63) is 23.8 Å². The standard InChI is InChI=1S/C31H48O12/c1-6-31(4,5)30(40)41-21-12-15(2)11-17-8-7-16(3)20(23(17)21)10-9-18(32)13-19(33)14-22(34)42-29-26(37)24(35)25(36)27(43-29)28(38)39/h7-8,11,15-16,18-21,23-27,29,32-33,35-37H,6,9-10,12-14H2,1-5H3,(H,38,39)/t15-,16+,18-,19+,20+,21-,23+,24?,25-,26?,27?,29+/m1/s1. The molecule has 0 spiro atoms. The molecule has 12 nitrogen and oxygen atoms in total. The number of carbonyl (C=O) groups excluding carboxylic acids is 2. The summed E-state index contributed by atoms with van der Waals surface area (Å²) in [4.78, 5) is 36.6. The number of carbonyl (C=O) groups is 3. The second-order valence-corrected chi connectivity index (χ2v) is 13.0. The summed E-state index contributed by atoms with van der Waals surface area (Å²) in [7, 11) is 0. The van der Waals surface area contributed by atoms with E-state index in [1.807, 2.05) is 20.8 Å². The molecule has 0 bridgehead atoms. The minimum absolute atomic E-state index is 0.0228. The van der Waals surface area contributed by atoms with Gasteiger partial charge in [-0.3, -0.25) is 9.59 Å². The van der Waals surface area contributed by atoms with Gasteiger partial charge in [-0.1, -0.05) is 39.0 Å². The van der Waals surface area contributed by atoms with E-state index in [0.717, 1.165) is 5.57 Å². The van der Waals surface area contributed by atoms with Crippen LogP contribution in [0.25, 0.3) is 0 Å². The Hall–Kier alpha value is -2.35. The number of carboxylic acid groups (broad SMARTS) is 1. The average Bonchev–Trinajstić information content (AvgIpc) is 2.92. The highest BCUT2D eigenvalue weighted by atomic mass is 16.7. The van der Waals surface area contributed by atoms with Crippen LogP contribution in [0.1, 0.15) is 73.1 Å². The highest BCUT2D eigenvalue weighted by Gasteiger charge is 2.49. The maximum absolute atomic E-state index is 13.0. The second kappa shape index (κ2) is 14.6. The van der Waals surface area contributed by atoms with Crippen molar-refractivity contribution in [3.8, 4) is 0 Å². The molecule has 1 fully saturated rings. The fourth-order valence-corrected chi connectivity index (χ4v) is 6.08. The first-order valence-electron chi connectivity index (χ1n) is 15.1. The molecule has 3 unspecified atom stereocenters. The van der Waals surface area contributed by atoms with Gasteiger partial charge in [0.2, 0.25) is 6.29 Å². The Morgan fingerprint density at radius 3 is 2.35 bits per heavy atom. The molecule has 6 N–H and O–H groups in total. The van der Waals surface area contributed by atoms with Gasteiger partial charge in [0.15, 0.2) is 6.10 Å². The van der Waals surface area contributed by atoms with Gasteiger partial charge in [-0.15, -0.1) is 0 Å². The van der Waals surface area contributed by atoms with Gasteiger partial charge >= 0.3 is 17.9 Å². The summed E-state index contributed by atoms with van der Waals surface area (Å²) in [6, 6.07) is 0. The number of ether oxygens (including phenoxy) is 3. The van der Waals surface area contributed by atoms with Crippen LogP contribution in [-0.4, -0.2) is 97.6 Å². The first-order valence-corrected chi connectivity index (χ1v) is 15.1. The van der Waals surface area contributed by atoms with Crippen LogP contribution in [0.15, 0.2) is 23.8 Å². The summed E-state index contributed by atoms with van der Waals surface area (Å²) >= 11 is 0. The maximum Gasteiger partial charge on any atom is 0.335 e. The molecule has 0 radical (unpaired) electrons. The third kappa shape index (κ3) is 8.64. The van der Waals surface area contributed by atoms with Crippen molar-refractivity contribution in [3.63, 3.8) is 0 Å². The molecular formula is C31H48O12. The van der Waals surface area contributed by atoms with Crippen LogP contribution in [0, 0.1) is 29.1 Å². The highest BCUT2D eigenvalue weighted by Crippen LogP contribution is 2.45. The molecule has 12 atom stereocenters. The summed E-state index contributed by atoms with van der Waals surface area (Å²) in [5.74, 6) is -2.43. The molecule has 1 aliphatic heterocycles. The number of esters is 2. The number of aliphatic hydroxyl groups is 5. The van der Waals surface area contributed by atoms with Gasteiger partial charge in [-0.05, 0) is 69.3 Å². The molecular weight excluding hydrogens is 564 g/mol. The number of rotatable bonds is 12. The Morgan fingerprint density at radius 1 is 1.05 bits per heavy atom. The zero-order valence-corrected chi connectivity index (χ0v) is 25.5. The lowest BCUT2D eigenvalue weighted by atomic mass is 9.65. The van der Waals surface area contributed by atoms with Crippen LogP contribution >= 0.6 is 0 Å². The zero-order valence-electron chi connectivity index (χ0n) is 25.5. The molecule has 244 valence electrons. The normalized spacial score (nSPS) is 35.7. The van der Waals surface area contributed by atoms with Crippen LogP contribution in [0.4, 0.5) is 0 Å². The van der Waals surface area contributed by atoms with Crippen molar-refractivity contribution in [2.24, 2.45) is 29.1 Å². The molecule has 2 aliphatic carbocycles. The summed E-state index contributed by atoms with van der Waals surface area (Å²) in [6.07, 6.45) is -4.12. The summed E-state index contributed by atoms with van der Waals surface area (Å²) in [5.41, 5.74) is 0.533. The lowest BCUT2D eigenvalue weighted by Gasteiger charge is -2.44. The minimum Gasteiger partial charge on any atom is -0.479 e. The summed E-state index contributed by atoms with van der Waals surface area (Å²) in [5, 5.41) is 60.0. The number of fused-ring (bicyclic) bond motifs is 1. The molecule has 3 aliphatic rings. The van der Waals surface area contributed by atoms with Crippen LogP contribution < -0.4 is 0 Å². The minimum atomic E-state index is -1.93. The average molecular weight is 613 g/mol. The van der Waals surface area contributed by atoms with Crippen molar-refractivity contribution in [2.75, 3.05) is 0 Å². The smallest absolute Gasteiger partial charge is 0.335 e. The lowest BCUT2D eigenvalue weighted by molar-refractivity contribution is -0.286. The van der Waals surface area contributed by atoms with Crippen LogP contribution in [-0.2, 0) is 28.6 Å². The van der Waals surface area contributed by atoms with E-state index >= 15 is 0 Å². The maximum atomic E-state index is 13.0. The SMILES string of the molecule is CCC(C)(C)C(=O)O[C@@H]1C[C@H](C)C=C2C=C[C@H](C)[C@H](CC[C@@H](O)C[C@H](O)CC(=O)O[C@H]3OC(C(=O)O)[C@H](O)C(O)C3O)[C@H]21. The Morgan fingerprint density at radius 2 is 1.72 bits per heavy atom. The molecule has 12 heteroatoms. The predicted octanol–water partition coefficient (Wildman–Crippen LogP) is 1.46. The molecule has 1 heterocycles. The Labute approximate surface area is 252 Å². The van der Waals surface area contributed by atoms with E-state index in [9.17, 15) is 39.9 Å². The van der Waals surface area contributed by atoms with Gasteiger partial charge in [0.05, 0.1) is 24.0 Å². The first-order chi connectivity index (χ1) is 20.0. The number of aliphatic hydroxyl groups excluding tert-OH is 5. The van der Waals surface area contributed by atoms with E-state index < -0.39 is 66.7 Å². The number of aliphatic carboxylic acids is 1. The molecule has 3 rings (SSSR count). The van der Waals surface area contributed by atoms with E-state index in [2.05, 4.69) is 32.1 Å². The van der Waals surface area contributed by atoms with Crippen LogP contribution in [0.5, 0.6) is 0 Å². The monoisotopic (exact) mass is 612 g/mol. The molecule has 0 aromatic carbocycles. The van der Waals surface area contributed by atoms with Gasteiger partial charge in [0.1, 0.15) is 24.4 Å². The molecule has 0 aromatic heterocycles. The Bertz CT molecular complexity index is 1050. The third-order valence-corrected chi connectivity index (χ3v) is 9.13. The third-order valence-electron chi connectivity index (χ3n) is 9.13. The van der Waals surface area contributed by atoms with Crippen LogP contribution in [0.2, 0.25) is 0 Å². The van der Waals surface area contributed by atoms with Crippen molar-refractivity contribution in [1.82, 2.24) is 0 Å². The molecule has 0 amide bonds. The zero-order chi connectivity index (χ0) is 32.2. The number of hydrogen-bond donors (Lipinski definition) is 6. The summed E-state index contributed by atoms with van der Waals surface area (Å²) in [6.45, 7) is 9.90. The quantitative estimate of drug-likeness (QED) is 0.174. The van der Waals surface area contributed by atoms with E-state index in [4.69, 9.17) is 19.3 Å². The number of hydrogen-bond acceptors (Lipinski definition) is 11. The molecule has 1 saturated heterocycles. The molecule has 43 heavy (non-hydrogen) atoms. The van der Waals surface area contributed by atoms with Gasteiger partial charge < -0.3 is 44.8 Å². The largest absolute Gasteiger partial charge is 0.479 e. The number of carboxylic acids is 1. The van der Waals surface area contributed by atoms with E-state index in [0.29, 0.717) is 25.7 Å². The van der Waals surface area contributed by atoms with Crippen molar-refractivity contribution < 1.29 is 59.2 Å². The topological polar surface area (TPSA) is 200 Å². The lowest BCUT2D eigenvalue weighted by Crippen LogP contribution is -2.60. The van der Waals surface area contributed by atoms with Crippen LogP contribution in [0.3, 0.4) is 0 Å². The van der Waals surface area contributed by atoms with Gasteiger partial charge in [-0.25, -0.2) is 4.79 Å². The highest BCUT2D eigenvalue weighted by molar-refractivity contribution is 5.76. The van der Waals surface area contributed by atoms with Gasteiger partial charge in [0.25, 0.3) is 0 Å². The van der Waals surface area contributed by atoms with Crippen molar-refractivity contribution in [1.29, 1.82) is 0 Å². The Kier molecular flexibility index (Phi) is 11.9. The van der Waals surface area contributed by atoms with Gasteiger partial charge in [0, 0.05) is 5.92 Å². The van der Waals surface area contributed by atoms with E-state index in [1.165, 1.54) is 0 Å². The Balaban J connectivity index is 1.57. The first kappa shape index (κ1) is 35.1. The molecule has 0 saturated carbocycles. The fourth-order valence-electron chi connectivity index (χ4n) is 6.08. The number of allylic oxidation sites excluding steroid dienone is 3. The van der Waals surface area contributed by atoms with E-state index in [-0.39, 0.29) is 42.2 Å². The fraction of sp³-hybridized carbons (Fsp3) is 0.774. The summed E-state index contributed by atoms with van der Waals surface area (Å²) < 4.78 is 16.0.